The molecule has 1 aromatic carbocycles. The van der Waals surface area contributed by atoms with Crippen LogP contribution in [0.25, 0.3) is 0 Å². The van der Waals surface area contributed by atoms with Gasteiger partial charge in [0.05, 0.1) is 10.0 Å². The molecule has 0 unspecified atom stereocenters. The summed E-state index contributed by atoms with van der Waals surface area (Å²) in [7, 11) is 0. The third kappa shape index (κ3) is 3.97. The van der Waals surface area contributed by atoms with Crippen LogP contribution >= 0.6 is 23.2 Å². The van der Waals surface area contributed by atoms with Crippen LogP contribution in [-0.2, 0) is 0 Å². The molecule has 5 nitrogen and oxygen atoms in total. The van der Waals surface area contributed by atoms with Gasteiger partial charge in [-0.2, -0.15) is 0 Å². The van der Waals surface area contributed by atoms with Crippen LogP contribution in [0.5, 0.6) is 0 Å². The quantitative estimate of drug-likeness (QED) is 0.883. The number of rotatable bonds is 3. The first kappa shape index (κ1) is 17.0. The average molecular weight is 365 g/mol. The maximum Gasteiger partial charge on any atom is 0.276 e. The number of piperidine rings is 1. The van der Waals surface area contributed by atoms with Gasteiger partial charge in [-0.3, -0.25) is 4.79 Å². The number of hydrogen-bond acceptors (Lipinski definition) is 4. The maximum absolute atomic E-state index is 12.2. The van der Waals surface area contributed by atoms with Crippen LogP contribution in [0, 0.1) is 5.92 Å². The van der Waals surface area contributed by atoms with Gasteiger partial charge in [0.2, 0.25) is 0 Å². The lowest BCUT2D eigenvalue weighted by Crippen LogP contribution is -2.33. The van der Waals surface area contributed by atoms with E-state index in [1.807, 2.05) is 6.07 Å². The Morgan fingerprint density at radius 2 is 1.88 bits per heavy atom. The second-order valence-corrected chi connectivity index (χ2v) is 6.84. The number of carbonyl (C=O) groups is 1. The molecule has 24 heavy (non-hydrogen) atoms. The Morgan fingerprint density at radius 3 is 2.50 bits per heavy atom. The number of nitrogens with one attached hydrogen (secondary N) is 1. The lowest BCUT2D eigenvalue weighted by molar-refractivity contribution is 0.102. The van der Waals surface area contributed by atoms with Gasteiger partial charge in [0.15, 0.2) is 11.5 Å². The van der Waals surface area contributed by atoms with E-state index in [9.17, 15) is 4.79 Å². The van der Waals surface area contributed by atoms with Crippen molar-refractivity contribution in [3.8, 4) is 0 Å². The smallest absolute Gasteiger partial charge is 0.276 e. The number of anilines is 2. The minimum Gasteiger partial charge on any atom is -0.355 e. The van der Waals surface area contributed by atoms with Crippen molar-refractivity contribution in [3.05, 3.63) is 46.1 Å². The van der Waals surface area contributed by atoms with E-state index in [1.165, 1.54) is 0 Å². The fourth-order valence-electron chi connectivity index (χ4n) is 2.62. The molecule has 0 aliphatic carbocycles. The lowest BCUT2D eigenvalue weighted by atomic mass is 9.99. The summed E-state index contributed by atoms with van der Waals surface area (Å²) >= 11 is 11.8. The topological polar surface area (TPSA) is 58.1 Å². The zero-order valence-electron chi connectivity index (χ0n) is 13.3. The van der Waals surface area contributed by atoms with Gasteiger partial charge >= 0.3 is 0 Å². The number of carbonyl (C=O) groups excluding carboxylic acids is 1. The van der Waals surface area contributed by atoms with Gasteiger partial charge in [-0.25, -0.2) is 0 Å². The van der Waals surface area contributed by atoms with Crippen molar-refractivity contribution in [2.75, 3.05) is 23.3 Å². The Balaban J connectivity index is 1.66. The van der Waals surface area contributed by atoms with Gasteiger partial charge in [0.1, 0.15) is 0 Å². The van der Waals surface area contributed by atoms with E-state index in [2.05, 4.69) is 27.3 Å². The molecule has 3 rings (SSSR count). The first-order valence-electron chi connectivity index (χ1n) is 7.88. The molecule has 1 N–H and O–H groups in total. The Labute approximate surface area is 151 Å². The second-order valence-electron chi connectivity index (χ2n) is 6.03. The van der Waals surface area contributed by atoms with Crippen molar-refractivity contribution in [1.82, 2.24) is 10.2 Å². The first-order chi connectivity index (χ1) is 11.5. The number of hydrogen-bond donors (Lipinski definition) is 1. The molecule has 0 atom stereocenters. The van der Waals surface area contributed by atoms with Crippen LogP contribution in [0.1, 0.15) is 30.3 Å². The molecule has 0 saturated carbocycles. The highest BCUT2D eigenvalue weighted by Gasteiger charge is 2.18. The summed E-state index contributed by atoms with van der Waals surface area (Å²) in [6.07, 6.45) is 2.31. The Kier molecular flexibility index (Phi) is 5.21. The van der Waals surface area contributed by atoms with Crippen LogP contribution in [0.15, 0.2) is 30.3 Å². The summed E-state index contributed by atoms with van der Waals surface area (Å²) in [6, 6.07) is 8.44. The van der Waals surface area contributed by atoms with E-state index in [0.717, 1.165) is 37.7 Å². The van der Waals surface area contributed by atoms with E-state index in [1.54, 1.807) is 24.3 Å². The highest BCUT2D eigenvalue weighted by atomic mass is 35.5. The van der Waals surface area contributed by atoms with Gasteiger partial charge in [-0.1, -0.05) is 30.1 Å². The number of nitrogens with zero attached hydrogens (tertiary/aromatic N) is 3. The van der Waals surface area contributed by atoms with Crippen LogP contribution in [0.3, 0.4) is 0 Å². The normalized spacial score (nSPS) is 15.4. The molecule has 1 fully saturated rings. The predicted octanol–water partition coefficient (Wildman–Crippen LogP) is 4.27. The van der Waals surface area contributed by atoms with Crippen molar-refractivity contribution in [2.45, 2.75) is 19.8 Å². The van der Waals surface area contributed by atoms with E-state index >= 15 is 0 Å². The summed E-state index contributed by atoms with van der Waals surface area (Å²) in [5.74, 6) is 1.23. The van der Waals surface area contributed by atoms with Gasteiger partial charge in [-0.05, 0) is 49.1 Å². The van der Waals surface area contributed by atoms with Crippen LogP contribution < -0.4 is 10.2 Å². The van der Waals surface area contributed by atoms with Crippen LogP contribution in [-0.4, -0.2) is 29.2 Å². The van der Waals surface area contributed by atoms with Crippen molar-refractivity contribution >= 4 is 40.6 Å². The largest absolute Gasteiger partial charge is 0.355 e. The van der Waals surface area contributed by atoms with Crippen molar-refractivity contribution < 1.29 is 4.79 Å². The predicted molar refractivity (Wildman–Crippen MR) is 97.1 cm³/mol. The Bertz CT molecular complexity index is 728. The summed E-state index contributed by atoms with van der Waals surface area (Å²) < 4.78 is 0. The summed E-state index contributed by atoms with van der Waals surface area (Å²) in [5, 5.41) is 11.8. The fraction of sp³-hybridized carbons (Fsp3) is 0.353. The molecule has 0 spiro atoms. The van der Waals surface area contributed by atoms with Crippen molar-refractivity contribution in [1.29, 1.82) is 0 Å². The second kappa shape index (κ2) is 7.36. The molecule has 126 valence electrons. The summed E-state index contributed by atoms with van der Waals surface area (Å²) in [5.41, 5.74) is 0.820. The first-order valence-corrected chi connectivity index (χ1v) is 8.63. The van der Waals surface area contributed by atoms with Crippen LogP contribution in [0.2, 0.25) is 10.0 Å². The van der Waals surface area contributed by atoms with E-state index in [0.29, 0.717) is 15.7 Å². The fourth-order valence-corrected chi connectivity index (χ4v) is 2.92. The van der Waals surface area contributed by atoms with E-state index < -0.39 is 0 Å². The van der Waals surface area contributed by atoms with E-state index in [-0.39, 0.29) is 11.6 Å². The zero-order valence-corrected chi connectivity index (χ0v) is 14.8. The van der Waals surface area contributed by atoms with Gasteiger partial charge < -0.3 is 10.2 Å². The Morgan fingerprint density at radius 1 is 1.12 bits per heavy atom. The maximum atomic E-state index is 12.2. The minimum absolute atomic E-state index is 0.259. The highest BCUT2D eigenvalue weighted by Crippen LogP contribution is 2.25. The molecule has 2 aromatic rings. The minimum atomic E-state index is -0.334. The molecular formula is C17H18Cl2N4O. The third-order valence-electron chi connectivity index (χ3n) is 4.17. The van der Waals surface area contributed by atoms with Gasteiger partial charge in [-0.15, -0.1) is 10.2 Å². The molecule has 0 bridgehead atoms. The SMILES string of the molecule is CC1CCN(c2ccc(C(=O)Nc3ccc(Cl)c(Cl)c3)nn2)CC1. The molecule has 7 heteroatoms. The molecule has 0 radical (unpaired) electrons. The highest BCUT2D eigenvalue weighted by molar-refractivity contribution is 6.42. The molecular weight excluding hydrogens is 347 g/mol. The number of aromatic nitrogens is 2. The molecule has 1 aliphatic rings. The average Bonchev–Trinajstić information content (AvgIpc) is 2.59. The molecule has 1 amide bonds. The standard InChI is InChI=1S/C17H18Cl2N4O/c1-11-6-8-23(9-7-11)16-5-4-15(21-22-16)17(24)20-12-2-3-13(18)14(19)10-12/h2-5,10-11H,6-9H2,1H3,(H,20,24). The Hall–Kier alpha value is -1.85. The summed E-state index contributed by atoms with van der Waals surface area (Å²) in [4.78, 5) is 14.4. The van der Waals surface area contributed by atoms with Crippen LogP contribution in [0.4, 0.5) is 11.5 Å². The van der Waals surface area contributed by atoms with Gasteiger partial charge in [0, 0.05) is 18.8 Å². The third-order valence-corrected chi connectivity index (χ3v) is 4.91. The lowest BCUT2D eigenvalue weighted by Gasteiger charge is -2.30. The number of amides is 1. The summed E-state index contributed by atoms with van der Waals surface area (Å²) in [6.45, 7) is 4.22. The number of benzene rings is 1. The molecule has 1 saturated heterocycles. The van der Waals surface area contributed by atoms with E-state index in [4.69, 9.17) is 23.2 Å². The number of halogens is 2. The molecule has 1 aliphatic heterocycles. The van der Waals surface area contributed by atoms with Crippen molar-refractivity contribution in [3.63, 3.8) is 0 Å². The molecule has 2 heterocycles. The monoisotopic (exact) mass is 364 g/mol. The molecule has 1 aromatic heterocycles. The van der Waals surface area contributed by atoms with Crippen molar-refractivity contribution in [2.24, 2.45) is 5.92 Å². The zero-order chi connectivity index (χ0) is 17.1. The van der Waals surface area contributed by atoms with Gasteiger partial charge in [0.25, 0.3) is 5.91 Å².